The summed E-state index contributed by atoms with van der Waals surface area (Å²) in [6, 6.07) is 5.35. The van der Waals surface area contributed by atoms with Crippen LogP contribution in [0.4, 0.5) is 0 Å². The second-order valence-electron chi connectivity index (χ2n) is 5.04. The van der Waals surface area contributed by atoms with E-state index >= 15 is 0 Å². The molecule has 0 spiro atoms. The van der Waals surface area contributed by atoms with Gasteiger partial charge < -0.3 is 10.4 Å². The van der Waals surface area contributed by atoms with Crippen LogP contribution in [0.25, 0.3) is 0 Å². The Morgan fingerprint density at radius 1 is 1.41 bits per heavy atom. The SMILES string of the molecule is Cc1c(O)cccc1C(=O)NC1CCC(C)C1. The average Bonchev–Trinajstić information content (AvgIpc) is 2.68. The van der Waals surface area contributed by atoms with E-state index in [1.54, 1.807) is 25.1 Å². The van der Waals surface area contributed by atoms with Crippen LogP contribution in [0.5, 0.6) is 5.75 Å². The summed E-state index contributed by atoms with van der Waals surface area (Å²) in [6.45, 7) is 3.98. The lowest BCUT2D eigenvalue weighted by Gasteiger charge is -2.14. The highest BCUT2D eigenvalue weighted by atomic mass is 16.3. The maximum Gasteiger partial charge on any atom is 0.251 e. The number of amides is 1. The highest BCUT2D eigenvalue weighted by molar-refractivity contribution is 5.96. The summed E-state index contributed by atoms with van der Waals surface area (Å²) in [7, 11) is 0. The van der Waals surface area contributed by atoms with Crippen molar-refractivity contribution in [3.8, 4) is 5.75 Å². The van der Waals surface area contributed by atoms with Gasteiger partial charge in [-0.05, 0) is 44.2 Å². The molecular weight excluding hydrogens is 214 g/mol. The van der Waals surface area contributed by atoms with E-state index < -0.39 is 0 Å². The summed E-state index contributed by atoms with van der Waals surface area (Å²) in [5.41, 5.74) is 1.22. The zero-order valence-electron chi connectivity index (χ0n) is 10.4. The third-order valence-corrected chi connectivity index (χ3v) is 3.58. The maximum atomic E-state index is 12.1. The Balaban J connectivity index is 2.07. The predicted octanol–water partition coefficient (Wildman–Crippen LogP) is 2.62. The molecule has 92 valence electrons. The van der Waals surface area contributed by atoms with Crippen LogP contribution >= 0.6 is 0 Å². The number of carbonyl (C=O) groups is 1. The summed E-state index contributed by atoms with van der Waals surface area (Å²) >= 11 is 0. The van der Waals surface area contributed by atoms with Gasteiger partial charge >= 0.3 is 0 Å². The summed E-state index contributed by atoms with van der Waals surface area (Å²) in [6.07, 6.45) is 3.30. The van der Waals surface area contributed by atoms with E-state index in [1.807, 2.05) is 0 Å². The fourth-order valence-corrected chi connectivity index (χ4v) is 2.47. The van der Waals surface area contributed by atoms with Gasteiger partial charge in [-0.1, -0.05) is 13.0 Å². The van der Waals surface area contributed by atoms with Crippen molar-refractivity contribution in [1.29, 1.82) is 0 Å². The smallest absolute Gasteiger partial charge is 0.251 e. The van der Waals surface area contributed by atoms with Crippen LogP contribution in [0.15, 0.2) is 18.2 Å². The van der Waals surface area contributed by atoms with Crippen molar-refractivity contribution in [2.24, 2.45) is 5.92 Å². The molecule has 0 aromatic heterocycles. The lowest BCUT2D eigenvalue weighted by Crippen LogP contribution is -2.33. The number of carbonyl (C=O) groups excluding carboxylic acids is 1. The molecule has 1 aliphatic rings. The highest BCUT2D eigenvalue weighted by Crippen LogP contribution is 2.25. The van der Waals surface area contributed by atoms with Crippen LogP contribution in [0, 0.1) is 12.8 Å². The fraction of sp³-hybridized carbons (Fsp3) is 0.500. The van der Waals surface area contributed by atoms with E-state index in [-0.39, 0.29) is 11.7 Å². The molecule has 0 radical (unpaired) electrons. The average molecular weight is 233 g/mol. The van der Waals surface area contributed by atoms with Gasteiger partial charge in [0.25, 0.3) is 5.91 Å². The number of nitrogens with one attached hydrogen (secondary N) is 1. The molecule has 1 aromatic rings. The number of benzene rings is 1. The molecule has 2 unspecified atom stereocenters. The first kappa shape index (κ1) is 12.0. The first-order valence-electron chi connectivity index (χ1n) is 6.17. The molecule has 3 nitrogen and oxygen atoms in total. The number of phenolic OH excluding ortho intramolecular Hbond substituents is 1. The summed E-state index contributed by atoms with van der Waals surface area (Å²) in [5.74, 6) is 0.806. The van der Waals surface area contributed by atoms with Crippen LogP contribution in [0.3, 0.4) is 0 Å². The molecule has 0 bridgehead atoms. The fourth-order valence-electron chi connectivity index (χ4n) is 2.47. The molecular formula is C14H19NO2. The second kappa shape index (κ2) is 4.78. The Kier molecular flexibility index (Phi) is 3.36. The molecule has 1 fully saturated rings. The molecule has 2 N–H and O–H groups in total. The predicted molar refractivity (Wildman–Crippen MR) is 67.1 cm³/mol. The molecule has 1 amide bonds. The molecule has 2 atom stereocenters. The van der Waals surface area contributed by atoms with Crippen LogP contribution in [0.2, 0.25) is 0 Å². The van der Waals surface area contributed by atoms with Crippen molar-refractivity contribution in [3.63, 3.8) is 0 Å². The van der Waals surface area contributed by atoms with Crippen molar-refractivity contribution in [3.05, 3.63) is 29.3 Å². The van der Waals surface area contributed by atoms with E-state index in [9.17, 15) is 9.90 Å². The topological polar surface area (TPSA) is 49.3 Å². The Morgan fingerprint density at radius 3 is 2.82 bits per heavy atom. The molecule has 17 heavy (non-hydrogen) atoms. The van der Waals surface area contributed by atoms with Crippen LogP contribution in [0.1, 0.15) is 42.1 Å². The second-order valence-corrected chi connectivity index (χ2v) is 5.04. The number of rotatable bonds is 2. The molecule has 3 heteroatoms. The van der Waals surface area contributed by atoms with Gasteiger partial charge in [0, 0.05) is 17.2 Å². The number of hydrogen-bond donors (Lipinski definition) is 2. The normalized spacial score (nSPS) is 23.6. The molecule has 1 aromatic carbocycles. The van der Waals surface area contributed by atoms with Crippen LogP contribution < -0.4 is 5.32 Å². The van der Waals surface area contributed by atoms with E-state index in [2.05, 4.69) is 12.2 Å². The summed E-state index contributed by atoms with van der Waals surface area (Å²) < 4.78 is 0. The summed E-state index contributed by atoms with van der Waals surface area (Å²) in [4.78, 5) is 12.1. The van der Waals surface area contributed by atoms with Gasteiger partial charge in [-0.25, -0.2) is 0 Å². The monoisotopic (exact) mass is 233 g/mol. The molecule has 1 saturated carbocycles. The van der Waals surface area contributed by atoms with Gasteiger partial charge in [0.2, 0.25) is 0 Å². The minimum atomic E-state index is -0.0718. The third-order valence-electron chi connectivity index (χ3n) is 3.58. The van der Waals surface area contributed by atoms with Crippen molar-refractivity contribution >= 4 is 5.91 Å². The molecule has 0 heterocycles. The van der Waals surface area contributed by atoms with Crippen molar-refractivity contribution < 1.29 is 9.90 Å². The summed E-state index contributed by atoms with van der Waals surface area (Å²) in [5, 5.41) is 12.6. The van der Waals surface area contributed by atoms with Crippen LogP contribution in [-0.4, -0.2) is 17.1 Å². The van der Waals surface area contributed by atoms with Gasteiger partial charge in [-0.15, -0.1) is 0 Å². The Hall–Kier alpha value is -1.51. The molecule has 2 rings (SSSR count). The third kappa shape index (κ3) is 2.60. The molecule has 1 aliphatic carbocycles. The quantitative estimate of drug-likeness (QED) is 0.825. The van der Waals surface area contributed by atoms with Crippen molar-refractivity contribution in [2.75, 3.05) is 0 Å². The zero-order valence-corrected chi connectivity index (χ0v) is 10.4. The minimum Gasteiger partial charge on any atom is -0.508 e. The number of phenols is 1. The first-order chi connectivity index (χ1) is 8.08. The minimum absolute atomic E-state index is 0.0718. The van der Waals surface area contributed by atoms with Gasteiger partial charge in [-0.2, -0.15) is 0 Å². The number of hydrogen-bond acceptors (Lipinski definition) is 2. The Bertz CT molecular complexity index is 428. The molecule has 0 saturated heterocycles. The standard InChI is InChI=1S/C14H19NO2/c1-9-6-7-11(8-9)15-14(17)12-4-3-5-13(16)10(12)2/h3-5,9,11,16H,6-8H2,1-2H3,(H,15,17). The van der Waals surface area contributed by atoms with Crippen LogP contribution in [-0.2, 0) is 0 Å². The van der Waals surface area contributed by atoms with E-state index in [4.69, 9.17) is 0 Å². The Labute approximate surface area is 102 Å². The highest BCUT2D eigenvalue weighted by Gasteiger charge is 2.23. The first-order valence-corrected chi connectivity index (χ1v) is 6.17. The van der Waals surface area contributed by atoms with E-state index in [0.29, 0.717) is 23.1 Å². The zero-order chi connectivity index (χ0) is 12.4. The maximum absolute atomic E-state index is 12.1. The largest absolute Gasteiger partial charge is 0.508 e. The van der Waals surface area contributed by atoms with Gasteiger partial charge in [0.05, 0.1) is 0 Å². The molecule has 0 aliphatic heterocycles. The van der Waals surface area contributed by atoms with E-state index in [0.717, 1.165) is 12.8 Å². The van der Waals surface area contributed by atoms with Gasteiger partial charge in [0.15, 0.2) is 0 Å². The Morgan fingerprint density at radius 2 is 2.18 bits per heavy atom. The lowest BCUT2D eigenvalue weighted by molar-refractivity contribution is 0.0936. The van der Waals surface area contributed by atoms with Crippen molar-refractivity contribution in [1.82, 2.24) is 5.32 Å². The van der Waals surface area contributed by atoms with Gasteiger partial charge in [0.1, 0.15) is 5.75 Å². The lowest BCUT2D eigenvalue weighted by atomic mass is 10.1. The van der Waals surface area contributed by atoms with Crippen molar-refractivity contribution in [2.45, 2.75) is 39.2 Å². The van der Waals surface area contributed by atoms with E-state index in [1.165, 1.54) is 6.42 Å². The van der Waals surface area contributed by atoms with Gasteiger partial charge in [-0.3, -0.25) is 4.79 Å². The number of aromatic hydroxyl groups is 1.